The number of H-pyrrole nitrogens is 1. The molecule has 0 aliphatic heterocycles. The quantitative estimate of drug-likeness (QED) is 0.848. The van der Waals surface area contributed by atoms with Crippen LogP contribution in [0.1, 0.15) is 38.3 Å². The summed E-state index contributed by atoms with van der Waals surface area (Å²) in [6, 6.07) is 5.82. The summed E-state index contributed by atoms with van der Waals surface area (Å²) < 4.78 is 0. The van der Waals surface area contributed by atoms with Crippen molar-refractivity contribution in [3.63, 3.8) is 0 Å². The first-order valence-corrected chi connectivity index (χ1v) is 5.99. The molecule has 0 fully saturated rings. The van der Waals surface area contributed by atoms with Crippen molar-refractivity contribution in [3.8, 4) is 11.3 Å². The monoisotopic (exact) mass is 230 g/mol. The molecule has 1 unspecified atom stereocenters. The standard InChI is InChI=1S/C13H18N4/c1-3-6-9(2)12-11(13(14)17-16-12)10-7-4-5-8-15-10/h4-5,7-9H,3,6H2,1-2H3,(H3,14,16,17). The molecule has 0 saturated carbocycles. The minimum atomic E-state index is 0.418. The van der Waals surface area contributed by atoms with Gasteiger partial charge in [-0.05, 0) is 24.5 Å². The summed E-state index contributed by atoms with van der Waals surface area (Å²) in [5.74, 6) is 0.948. The molecule has 0 bridgehead atoms. The Morgan fingerprint density at radius 3 is 2.88 bits per heavy atom. The summed E-state index contributed by atoms with van der Waals surface area (Å²) in [5.41, 5.74) is 8.85. The van der Waals surface area contributed by atoms with Crippen molar-refractivity contribution in [2.45, 2.75) is 32.6 Å². The smallest absolute Gasteiger partial charge is 0.154 e. The van der Waals surface area contributed by atoms with Gasteiger partial charge in [-0.2, -0.15) is 5.10 Å². The minimum Gasteiger partial charge on any atom is -0.382 e. The van der Waals surface area contributed by atoms with Gasteiger partial charge in [-0.3, -0.25) is 10.1 Å². The summed E-state index contributed by atoms with van der Waals surface area (Å²) >= 11 is 0. The molecule has 0 saturated heterocycles. The lowest BCUT2D eigenvalue weighted by Gasteiger charge is -2.10. The van der Waals surface area contributed by atoms with E-state index in [4.69, 9.17) is 5.73 Å². The van der Waals surface area contributed by atoms with Crippen molar-refractivity contribution >= 4 is 5.82 Å². The Hall–Kier alpha value is -1.84. The van der Waals surface area contributed by atoms with E-state index in [1.807, 2.05) is 18.2 Å². The van der Waals surface area contributed by atoms with Crippen LogP contribution in [0.15, 0.2) is 24.4 Å². The lowest BCUT2D eigenvalue weighted by Crippen LogP contribution is -1.97. The van der Waals surface area contributed by atoms with Gasteiger partial charge in [-0.15, -0.1) is 0 Å². The second-order valence-electron chi connectivity index (χ2n) is 4.30. The van der Waals surface area contributed by atoms with Crippen LogP contribution in [0.3, 0.4) is 0 Å². The lowest BCUT2D eigenvalue weighted by atomic mass is 9.97. The van der Waals surface area contributed by atoms with Crippen LogP contribution in [-0.4, -0.2) is 15.2 Å². The third-order valence-corrected chi connectivity index (χ3v) is 2.96. The largest absolute Gasteiger partial charge is 0.382 e. The predicted octanol–water partition coefficient (Wildman–Crippen LogP) is 2.96. The number of aromatic amines is 1. The molecule has 4 nitrogen and oxygen atoms in total. The molecule has 2 rings (SSSR count). The van der Waals surface area contributed by atoms with Gasteiger partial charge in [0, 0.05) is 11.9 Å². The van der Waals surface area contributed by atoms with Crippen LogP contribution in [0, 0.1) is 0 Å². The van der Waals surface area contributed by atoms with E-state index in [0.29, 0.717) is 11.7 Å². The molecular formula is C13H18N4. The molecule has 0 aliphatic rings. The number of nitrogens with zero attached hydrogens (tertiary/aromatic N) is 2. The van der Waals surface area contributed by atoms with Gasteiger partial charge in [0.25, 0.3) is 0 Å². The Bertz CT molecular complexity index is 475. The van der Waals surface area contributed by atoms with Crippen LogP contribution in [0.5, 0.6) is 0 Å². The normalized spacial score (nSPS) is 12.6. The van der Waals surface area contributed by atoms with E-state index in [1.165, 1.54) is 0 Å². The molecule has 0 spiro atoms. The fourth-order valence-corrected chi connectivity index (χ4v) is 2.08. The number of hydrogen-bond acceptors (Lipinski definition) is 3. The fourth-order valence-electron chi connectivity index (χ4n) is 2.08. The Morgan fingerprint density at radius 1 is 1.41 bits per heavy atom. The number of rotatable bonds is 4. The highest BCUT2D eigenvalue weighted by Gasteiger charge is 2.18. The molecule has 4 heteroatoms. The van der Waals surface area contributed by atoms with Crippen molar-refractivity contribution in [1.82, 2.24) is 15.2 Å². The van der Waals surface area contributed by atoms with Gasteiger partial charge in [0.05, 0.1) is 11.3 Å². The predicted molar refractivity (Wildman–Crippen MR) is 69.6 cm³/mol. The maximum atomic E-state index is 5.92. The topological polar surface area (TPSA) is 67.6 Å². The molecule has 2 aromatic heterocycles. The van der Waals surface area contributed by atoms with Gasteiger partial charge in [0.1, 0.15) is 0 Å². The molecule has 0 radical (unpaired) electrons. The zero-order valence-corrected chi connectivity index (χ0v) is 10.3. The summed E-state index contributed by atoms with van der Waals surface area (Å²) in [6.07, 6.45) is 4.03. The maximum Gasteiger partial charge on any atom is 0.154 e. The molecule has 3 N–H and O–H groups in total. The fraction of sp³-hybridized carbons (Fsp3) is 0.385. The second kappa shape index (κ2) is 4.99. The van der Waals surface area contributed by atoms with Gasteiger partial charge >= 0.3 is 0 Å². The summed E-state index contributed by atoms with van der Waals surface area (Å²) in [4.78, 5) is 4.35. The van der Waals surface area contributed by atoms with E-state index >= 15 is 0 Å². The van der Waals surface area contributed by atoms with E-state index in [2.05, 4.69) is 29.0 Å². The van der Waals surface area contributed by atoms with Crippen molar-refractivity contribution in [2.24, 2.45) is 0 Å². The zero-order chi connectivity index (χ0) is 12.3. The highest BCUT2D eigenvalue weighted by atomic mass is 15.2. The Labute approximate surface area is 101 Å². The van der Waals surface area contributed by atoms with Crippen LogP contribution < -0.4 is 5.73 Å². The molecule has 0 amide bonds. The SMILES string of the molecule is CCCC(C)c1[nH]nc(N)c1-c1ccccn1. The van der Waals surface area contributed by atoms with Crippen molar-refractivity contribution < 1.29 is 0 Å². The zero-order valence-electron chi connectivity index (χ0n) is 10.3. The minimum absolute atomic E-state index is 0.418. The van der Waals surface area contributed by atoms with Crippen molar-refractivity contribution in [3.05, 3.63) is 30.1 Å². The highest BCUT2D eigenvalue weighted by molar-refractivity contribution is 5.73. The molecule has 1 atom stereocenters. The van der Waals surface area contributed by atoms with Crippen LogP contribution in [0.2, 0.25) is 0 Å². The van der Waals surface area contributed by atoms with E-state index < -0.39 is 0 Å². The third kappa shape index (κ3) is 2.30. The molecule has 2 aromatic rings. The van der Waals surface area contributed by atoms with Gasteiger partial charge in [-0.25, -0.2) is 0 Å². The Balaban J connectivity index is 2.43. The number of aromatic nitrogens is 3. The molecule has 2 heterocycles. The van der Waals surface area contributed by atoms with Crippen molar-refractivity contribution in [2.75, 3.05) is 5.73 Å². The average molecular weight is 230 g/mol. The maximum absolute atomic E-state index is 5.92. The molecule has 90 valence electrons. The number of anilines is 1. The number of nitrogens with two attached hydrogens (primary N) is 1. The molecule has 0 aromatic carbocycles. The number of pyridine rings is 1. The van der Waals surface area contributed by atoms with Gasteiger partial charge in [-0.1, -0.05) is 26.3 Å². The molecule has 0 aliphatic carbocycles. The third-order valence-electron chi connectivity index (χ3n) is 2.96. The van der Waals surface area contributed by atoms with Gasteiger partial charge in [0.15, 0.2) is 5.82 Å². The summed E-state index contributed by atoms with van der Waals surface area (Å²) in [7, 11) is 0. The average Bonchev–Trinajstić information content (AvgIpc) is 2.73. The van der Waals surface area contributed by atoms with E-state index in [9.17, 15) is 0 Å². The van der Waals surface area contributed by atoms with Crippen LogP contribution in [0.25, 0.3) is 11.3 Å². The number of nitrogen functional groups attached to an aromatic ring is 1. The second-order valence-corrected chi connectivity index (χ2v) is 4.30. The summed E-state index contributed by atoms with van der Waals surface area (Å²) in [5, 5.41) is 7.15. The first-order valence-electron chi connectivity index (χ1n) is 5.99. The van der Waals surface area contributed by atoms with Crippen LogP contribution in [-0.2, 0) is 0 Å². The van der Waals surface area contributed by atoms with Gasteiger partial charge < -0.3 is 5.73 Å². The lowest BCUT2D eigenvalue weighted by molar-refractivity contribution is 0.646. The summed E-state index contributed by atoms with van der Waals surface area (Å²) in [6.45, 7) is 4.36. The Morgan fingerprint density at radius 2 is 2.24 bits per heavy atom. The number of hydrogen-bond donors (Lipinski definition) is 2. The van der Waals surface area contributed by atoms with E-state index in [0.717, 1.165) is 29.8 Å². The van der Waals surface area contributed by atoms with Crippen molar-refractivity contribution in [1.29, 1.82) is 0 Å². The van der Waals surface area contributed by atoms with Crippen LogP contribution >= 0.6 is 0 Å². The van der Waals surface area contributed by atoms with Crippen LogP contribution in [0.4, 0.5) is 5.82 Å². The highest BCUT2D eigenvalue weighted by Crippen LogP contribution is 2.32. The molecule has 17 heavy (non-hydrogen) atoms. The first kappa shape index (κ1) is 11.6. The number of nitrogens with one attached hydrogen (secondary N) is 1. The Kier molecular flexibility index (Phi) is 3.42. The van der Waals surface area contributed by atoms with E-state index in [1.54, 1.807) is 6.20 Å². The van der Waals surface area contributed by atoms with E-state index in [-0.39, 0.29) is 0 Å². The first-order chi connectivity index (χ1) is 8.24. The molecular weight excluding hydrogens is 212 g/mol. The van der Waals surface area contributed by atoms with Gasteiger partial charge in [0.2, 0.25) is 0 Å².